The van der Waals surface area contributed by atoms with Gasteiger partial charge in [0.05, 0.1) is 22.3 Å². The van der Waals surface area contributed by atoms with Crippen LogP contribution in [0.3, 0.4) is 0 Å². The minimum atomic E-state index is 0. The Morgan fingerprint density at radius 3 is 2.56 bits per heavy atom. The Balaban J connectivity index is 0.00000144. The number of hydrogen-bond acceptors (Lipinski definition) is 4. The van der Waals surface area contributed by atoms with Gasteiger partial charge in [-0.25, -0.2) is 0 Å². The van der Waals surface area contributed by atoms with Crippen LogP contribution in [0.15, 0.2) is 15.9 Å². The maximum Gasteiger partial charge on any atom is 0.0701 e. The van der Waals surface area contributed by atoms with Crippen LogP contribution in [-0.4, -0.2) is 31.1 Å². The zero-order valence-electron chi connectivity index (χ0n) is 9.76. The zero-order valence-corrected chi connectivity index (χ0v) is 13.8. The molecular weight excluding hydrogens is 357 g/mol. The average Bonchev–Trinajstić information content (AvgIpc) is 2.74. The Morgan fingerprint density at radius 2 is 2.06 bits per heavy atom. The molecule has 1 atom stereocenters. The van der Waals surface area contributed by atoms with Gasteiger partial charge in [0.2, 0.25) is 0 Å². The van der Waals surface area contributed by atoms with Gasteiger partial charge in [0.15, 0.2) is 0 Å². The van der Waals surface area contributed by atoms with Crippen LogP contribution in [-0.2, 0) is 0 Å². The molecular formula is C11H16BrCl2N3S. The van der Waals surface area contributed by atoms with E-state index in [-0.39, 0.29) is 30.9 Å². The van der Waals surface area contributed by atoms with Crippen LogP contribution < -0.4 is 5.32 Å². The van der Waals surface area contributed by atoms with Crippen molar-refractivity contribution in [1.29, 1.82) is 5.26 Å². The molecule has 2 rings (SSSR count). The van der Waals surface area contributed by atoms with Crippen molar-refractivity contribution in [3.05, 3.63) is 20.8 Å². The van der Waals surface area contributed by atoms with Gasteiger partial charge in [0.25, 0.3) is 0 Å². The molecule has 1 saturated heterocycles. The summed E-state index contributed by atoms with van der Waals surface area (Å²) in [5.74, 6) is 0. The highest BCUT2D eigenvalue weighted by molar-refractivity contribution is 9.11. The number of halogens is 3. The van der Waals surface area contributed by atoms with Gasteiger partial charge in [0.1, 0.15) is 0 Å². The molecule has 0 saturated carbocycles. The molecule has 18 heavy (non-hydrogen) atoms. The fourth-order valence-corrected chi connectivity index (χ4v) is 3.56. The van der Waals surface area contributed by atoms with Gasteiger partial charge in [-0.05, 0) is 28.1 Å². The molecule has 102 valence electrons. The molecule has 0 radical (unpaired) electrons. The molecule has 1 fully saturated rings. The molecule has 1 aliphatic heterocycles. The molecule has 0 aromatic carbocycles. The van der Waals surface area contributed by atoms with E-state index in [2.05, 4.69) is 44.3 Å². The third kappa shape index (κ3) is 4.69. The van der Waals surface area contributed by atoms with Crippen molar-refractivity contribution < 1.29 is 0 Å². The number of hydrogen-bond donors (Lipinski definition) is 1. The highest BCUT2D eigenvalue weighted by atomic mass is 79.9. The summed E-state index contributed by atoms with van der Waals surface area (Å²) in [4.78, 5) is 3.69. The van der Waals surface area contributed by atoms with Crippen LogP contribution >= 0.6 is 52.1 Å². The molecule has 0 bridgehead atoms. The molecule has 1 aromatic rings. The predicted octanol–water partition coefficient (Wildman–Crippen LogP) is 3.21. The summed E-state index contributed by atoms with van der Waals surface area (Å²) in [5.41, 5.74) is 0. The molecule has 0 spiro atoms. The van der Waals surface area contributed by atoms with Crippen LogP contribution in [0.5, 0.6) is 0 Å². The lowest BCUT2D eigenvalue weighted by Gasteiger charge is -2.33. The van der Waals surface area contributed by atoms with Crippen LogP contribution in [0.25, 0.3) is 0 Å². The summed E-state index contributed by atoms with van der Waals surface area (Å²) >= 11 is 5.21. The number of nitriles is 1. The lowest BCUT2D eigenvalue weighted by atomic mass is 10.1. The molecule has 2 heterocycles. The standard InChI is InChI=1S/C11H14BrN3S.2ClH/c12-11-2-1-10(16-11)9(3-4-13)15-7-5-14-6-8-15;;/h1-2,9,14H,3,5-8H2;2*1H/t9-;;/m0../s1. The Hall–Kier alpha value is 0.170. The predicted molar refractivity (Wildman–Crippen MR) is 83.9 cm³/mol. The summed E-state index contributed by atoms with van der Waals surface area (Å²) in [5, 5.41) is 12.3. The highest BCUT2D eigenvalue weighted by Gasteiger charge is 2.23. The van der Waals surface area contributed by atoms with Gasteiger partial charge in [-0.15, -0.1) is 36.2 Å². The lowest BCUT2D eigenvalue weighted by molar-refractivity contribution is 0.178. The molecule has 1 aliphatic rings. The quantitative estimate of drug-likeness (QED) is 0.885. The topological polar surface area (TPSA) is 39.1 Å². The van der Waals surface area contributed by atoms with E-state index in [1.54, 1.807) is 11.3 Å². The Bertz CT molecular complexity index is 388. The second kappa shape index (κ2) is 9.13. The number of thiophene rings is 1. The first-order valence-corrected chi connectivity index (χ1v) is 6.99. The first kappa shape index (κ1) is 18.2. The number of nitrogens with one attached hydrogen (secondary N) is 1. The third-order valence-electron chi connectivity index (χ3n) is 2.80. The monoisotopic (exact) mass is 371 g/mol. The van der Waals surface area contributed by atoms with Crippen molar-refractivity contribution in [3.63, 3.8) is 0 Å². The summed E-state index contributed by atoms with van der Waals surface area (Å²) in [6.07, 6.45) is 0.576. The maximum absolute atomic E-state index is 8.94. The maximum atomic E-state index is 8.94. The second-order valence-electron chi connectivity index (χ2n) is 3.81. The minimum Gasteiger partial charge on any atom is -0.314 e. The van der Waals surface area contributed by atoms with Gasteiger partial charge >= 0.3 is 0 Å². The third-order valence-corrected chi connectivity index (χ3v) is 4.52. The van der Waals surface area contributed by atoms with E-state index in [0.29, 0.717) is 6.42 Å². The van der Waals surface area contributed by atoms with Crippen molar-refractivity contribution in [2.24, 2.45) is 0 Å². The van der Waals surface area contributed by atoms with Crippen molar-refractivity contribution in [3.8, 4) is 6.07 Å². The van der Waals surface area contributed by atoms with E-state index in [9.17, 15) is 0 Å². The number of rotatable bonds is 3. The lowest BCUT2D eigenvalue weighted by Crippen LogP contribution is -2.44. The molecule has 1 aromatic heterocycles. The van der Waals surface area contributed by atoms with Crippen LogP contribution in [0.4, 0.5) is 0 Å². The van der Waals surface area contributed by atoms with E-state index in [0.717, 1.165) is 30.0 Å². The van der Waals surface area contributed by atoms with E-state index >= 15 is 0 Å². The van der Waals surface area contributed by atoms with Gasteiger partial charge in [-0.1, -0.05) is 0 Å². The fraction of sp³-hybridized carbons (Fsp3) is 0.545. The zero-order chi connectivity index (χ0) is 11.4. The van der Waals surface area contributed by atoms with Gasteiger partial charge < -0.3 is 5.32 Å². The van der Waals surface area contributed by atoms with E-state index in [1.807, 2.05) is 0 Å². The second-order valence-corrected chi connectivity index (χ2v) is 6.30. The molecule has 0 amide bonds. The average molecular weight is 373 g/mol. The summed E-state index contributed by atoms with van der Waals surface area (Å²) in [7, 11) is 0. The molecule has 1 N–H and O–H groups in total. The molecule has 0 aliphatic carbocycles. The SMILES string of the molecule is Cl.Cl.N#CC[C@@H](c1ccc(Br)s1)N1CCNCC1. The van der Waals surface area contributed by atoms with Gasteiger partial charge in [-0.2, -0.15) is 5.26 Å². The summed E-state index contributed by atoms with van der Waals surface area (Å²) in [6.45, 7) is 4.10. The van der Waals surface area contributed by atoms with Crippen molar-refractivity contribution >= 4 is 52.1 Å². The van der Waals surface area contributed by atoms with Crippen LogP contribution in [0.2, 0.25) is 0 Å². The molecule has 3 nitrogen and oxygen atoms in total. The number of nitrogens with zero attached hydrogens (tertiary/aromatic N) is 2. The van der Waals surface area contributed by atoms with Gasteiger partial charge in [0, 0.05) is 31.1 Å². The largest absolute Gasteiger partial charge is 0.314 e. The highest BCUT2D eigenvalue weighted by Crippen LogP contribution is 2.32. The van der Waals surface area contributed by atoms with E-state index in [4.69, 9.17) is 5.26 Å². The molecule has 7 heteroatoms. The Labute approximate surface area is 132 Å². The minimum absolute atomic E-state index is 0. The Morgan fingerprint density at radius 1 is 1.39 bits per heavy atom. The first-order valence-electron chi connectivity index (χ1n) is 5.38. The van der Waals surface area contributed by atoms with Crippen LogP contribution in [0, 0.1) is 11.3 Å². The Kier molecular flexibility index (Phi) is 9.22. The smallest absolute Gasteiger partial charge is 0.0701 e. The normalized spacial score (nSPS) is 17.1. The summed E-state index contributed by atoms with van der Waals surface area (Å²) < 4.78 is 1.14. The summed E-state index contributed by atoms with van der Waals surface area (Å²) in [6, 6.07) is 6.76. The van der Waals surface area contributed by atoms with Crippen molar-refractivity contribution in [1.82, 2.24) is 10.2 Å². The van der Waals surface area contributed by atoms with E-state index in [1.165, 1.54) is 4.88 Å². The van der Waals surface area contributed by atoms with Crippen LogP contribution in [0.1, 0.15) is 17.3 Å². The van der Waals surface area contributed by atoms with Crippen molar-refractivity contribution in [2.75, 3.05) is 26.2 Å². The van der Waals surface area contributed by atoms with Crippen molar-refractivity contribution in [2.45, 2.75) is 12.5 Å². The number of piperazine rings is 1. The molecule has 0 unspecified atom stereocenters. The van der Waals surface area contributed by atoms with Gasteiger partial charge in [-0.3, -0.25) is 4.90 Å². The first-order chi connectivity index (χ1) is 7.81. The van der Waals surface area contributed by atoms with E-state index < -0.39 is 0 Å². The fourth-order valence-electron chi connectivity index (χ4n) is 2.00.